The highest BCUT2D eigenvalue weighted by molar-refractivity contribution is 6.03. The van der Waals surface area contributed by atoms with Gasteiger partial charge in [-0.3, -0.25) is 9.59 Å². The number of amides is 2. The zero-order valence-electron chi connectivity index (χ0n) is 12.3. The quantitative estimate of drug-likeness (QED) is 0.946. The molecule has 2 aromatic carbocycles. The molecule has 4 nitrogen and oxygen atoms in total. The lowest BCUT2D eigenvalue weighted by atomic mass is 10.1. The van der Waals surface area contributed by atoms with Crippen molar-refractivity contribution in [3.63, 3.8) is 0 Å². The molecular weight excluding hydrogens is 302 g/mol. The Bertz CT molecular complexity index is 792. The molecule has 2 aromatic rings. The van der Waals surface area contributed by atoms with E-state index in [4.69, 9.17) is 0 Å². The third kappa shape index (κ3) is 2.79. The van der Waals surface area contributed by atoms with Crippen LogP contribution in [0.25, 0.3) is 0 Å². The van der Waals surface area contributed by atoms with Crippen LogP contribution in [0.1, 0.15) is 22.8 Å². The van der Waals surface area contributed by atoms with Gasteiger partial charge in [0.2, 0.25) is 5.91 Å². The van der Waals surface area contributed by atoms with Gasteiger partial charge in [-0.05, 0) is 30.7 Å². The van der Waals surface area contributed by atoms with Gasteiger partial charge in [0.05, 0.1) is 5.69 Å². The van der Waals surface area contributed by atoms with Gasteiger partial charge in [0.25, 0.3) is 5.91 Å². The Kier molecular flexibility index (Phi) is 3.82. The Balaban J connectivity index is 1.76. The molecule has 0 spiro atoms. The van der Waals surface area contributed by atoms with E-state index in [-0.39, 0.29) is 11.6 Å². The van der Waals surface area contributed by atoms with Crippen molar-refractivity contribution >= 4 is 17.5 Å². The molecule has 23 heavy (non-hydrogen) atoms. The first-order chi connectivity index (χ1) is 11.0. The number of benzene rings is 2. The second kappa shape index (κ2) is 5.79. The van der Waals surface area contributed by atoms with Crippen molar-refractivity contribution in [2.24, 2.45) is 0 Å². The third-order valence-corrected chi connectivity index (χ3v) is 3.88. The molecular formula is C17H14F2N2O2. The van der Waals surface area contributed by atoms with Crippen molar-refractivity contribution in [2.75, 3.05) is 5.32 Å². The highest BCUT2D eigenvalue weighted by Crippen LogP contribution is 2.25. The van der Waals surface area contributed by atoms with Crippen LogP contribution in [-0.2, 0) is 11.3 Å². The summed E-state index contributed by atoms with van der Waals surface area (Å²) in [6, 6.07) is 9.11. The van der Waals surface area contributed by atoms with Crippen LogP contribution < -0.4 is 5.32 Å². The monoisotopic (exact) mass is 316 g/mol. The normalized spacial score (nSPS) is 14.6. The maximum absolute atomic E-state index is 13.6. The van der Waals surface area contributed by atoms with Gasteiger partial charge in [0.15, 0.2) is 0 Å². The molecule has 0 aliphatic carbocycles. The number of hydrogen-bond donors (Lipinski definition) is 1. The second-order valence-electron chi connectivity index (χ2n) is 5.38. The van der Waals surface area contributed by atoms with E-state index in [2.05, 4.69) is 5.32 Å². The minimum Gasteiger partial charge on any atom is -0.323 e. The molecule has 3 rings (SSSR count). The Morgan fingerprint density at radius 1 is 1.22 bits per heavy atom. The van der Waals surface area contributed by atoms with Gasteiger partial charge < -0.3 is 10.2 Å². The molecule has 0 aromatic heterocycles. The molecule has 0 saturated heterocycles. The summed E-state index contributed by atoms with van der Waals surface area (Å²) in [4.78, 5) is 26.0. The highest BCUT2D eigenvalue weighted by atomic mass is 19.1. The molecule has 1 heterocycles. The first kappa shape index (κ1) is 15.1. The van der Waals surface area contributed by atoms with E-state index < -0.39 is 23.6 Å². The van der Waals surface area contributed by atoms with Gasteiger partial charge in [0.1, 0.15) is 17.7 Å². The van der Waals surface area contributed by atoms with Crippen molar-refractivity contribution in [3.8, 4) is 0 Å². The Labute approximate surface area is 131 Å². The van der Waals surface area contributed by atoms with Gasteiger partial charge in [-0.1, -0.05) is 18.2 Å². The molecule has 0 saturated carbocycles. The number of nitrogens with zero attached hydrogens (tertiary/aromatic N) is 1. The van der Waals surface area contributed by atoms with E-state index >= 15 is 0 Å². The lowest BCUT2D eigenvalue weighted by Gasteiger charge is -2.23. The molecule has 0 fully saturated rings. The maximum Gasteiger partial charge on any atom is 0.255 e. The van der Waals surface area contributed by atoms with Crippen LogP contribution in [0.2, 0.25) is 0 Å². The molecule has 2 amide bonds. The van der Waals surface area contributed by atoms with Gasteiger partial charge in [-0.2, -0.15) is 0 Å². The molecule has 1 unspecified atom stereocenters. The average Bonchev–Trinajstić information content (AvgIpc) is 2.87. The van der Waals surface area contributed by atoms with E-state index in [1.807, 2.05) is 12.1 Å². The summed E-state index contributed by atoms with van der Waals surface area (Å²) in [5.74, 6) is -2.21. The average molecular weight is 316 g/mol. The molecule has 118 valence electrons. The van der Waals surface area contributed by atoms with Crippen molar-refractivity contribution in [2.45, 2.75) is 19.5 Å². The predicted octanol–water partition coefficient (Wildman–Crippen LogP) is 2.95. The van der Waals surface area contributed by atoms with Crippen LogP contribution in [0, 0.1) is 11.6 Å². The third-order valence-electron chi connectivity index (χ3n) is 3.88. The number of fused-ring (bicyclic) bond motifs is 1. The SMILES string of the molecule is CC(C(=O)Nc1cc(F)ccc1F)N1Cc2ccccc2C1=O. The fourth-order valence-electron chi connectivity index (χ4n) is 2.56. The fraction of sp³-hybridized carbons (Fsp3) is 0.176. The Hall–Kier alpha value is -2.76. The molecule has 1 atom stereocenters. The molecule has 6 heteroatoms. The molecule has 0 bridgehead atoms. The highest BCUT2D eigenvalue weighted by Gasteiger charge is 2.33. The van der Waals surface area contributed by atoms with E-state index in [9.17, 15) is 18.4 Å². The summed E-state index contributed by atoms with van der Waals surface area (Å²) < 4.78 is 26.8. The number of carbonyl (C=O) groups is 2. The van der Waals surface area contributed by atoms with Crippen molar-refractivity contribution in [3.05, 3.63) is 65.2 Å². The minimum atomic E-state index is -0.808. The zero-order chi connectivity index (χ0) is 16.6. The molecule has 0 radical (unpaired) electrons. The molecule has 1 N–H and O–H groups in total. The lowest BCUT2D eigenvalue weighted by Crippen LogP contribution is -2.42. The zero-order valence-corrected chi connectivity index (χ0v) is 12.3. The maximum atomic E-state index is 13.6. The number of nitrogens with one attached hydrogen (secondary N) is 1. The van der Waals surface area contributed by atoms with Crippen LogP contribution in [0.5, 0.6) is 0 Å². The largest absolute Gasteiger partial charge is 0.323 e. The molecule has 1 aliphatic rings. The van der Waals surface area contributed by atoms with Crippen LogP contribution in [-0.4, -0.2) is 22.8 Å². The topological polar surface area (TPSA) is 49.4 Å². The lowest BCUT2D eigenvalue weighted by molar-refractivity contribution is -0.120. The Morgan fingerprint density at radius 2 is 1.96 bits per heavy atom. The second-order valence-corrected chi connectivity index (χ2v) is 5.38. The summed E-state index contributed by atoms with van der Waals surface area (Å²) in [5.41, 5.74) is 1.16. The predicted molar refractivity (Wildman–Crippen MR) is 80.8 cm³/mol. The van der Waals surface area contributed by atoms with E-state index in [0.29, 0.717) is 12.1 Å². The summed E-state index contributed by atoms with van der Waals surface area (Å²) >= 11 is 0. The van der Waals surface area contributed by atoms with Crippen LogP contribution >= 0.6 is 0 Å². The van der Waals surface area contributed by atoms with E-state index in [0.717, 1.165) is 23.8 Å². The van der Waals surface area contributed by atoms with Crippen LogP contribution in [0.3, 0.4) is 0 Å². The summed E-state index contributed by atoms with van der Waals surface area (Å²) in [6.45, 7) is 1.87. The first-order valence-corrected chi connectivity index (χ1v) is 7.12. The van der Waals surface area contributed by atoms with Crippen molar-refractivity contribution in [1.29, 1.82) is 0 Å². The van der Waals surface area contributed by atoms with E-state index in [1.165, 1.54) is 4.90 Å². The number of rotatable bonds is 3. The minimum absolute atomic E-state index is 0.244. The smallest absolute Gasteiger partial charge is 0.255 e. The van der Waals surface area contributed by atoms with E-state index in [1.54, 1.807) is 19.1 Å². The van der Waals surface area contributed by atoms with Crippen LogP contribution in [0.15, 0.2) is 42.5 Å². The fourth-order valence-corrected chi connectivity index (χ4v) is 2.56. The standard InChI is InChI=1S/C17H14F2N2O2/c1-10(16(22)20-15-8-12(18)6-7-14(15)19)21-9-11-4-2-3-5-13(11)17(21)23/h2-8,10H,9H2,1H3,(H,20,22). The number of hydrogen-bond acceptors (Lipinski definition) is 2. The van der Waals surface area contributed by atoms with Crippen molar-refractivity contribution in [1.82, 2.24) is 4.90 Å². The van der Waals surface area contributed by atoms with Gasteiger partial charge >= 0.3 is 0 Å². The van der Waals surface area contributed by atoms with Crippen LogP contribution in [0.4, 0.5) is 14.5 Å². The number of halogens is 2. The van der Waals surface area contributed by atoms with Gasteiger partial charge in [-0.15, -0.1) is 0 Å². The van der Waals surface area contributed by atoms with Gasteiger partial charge in [-0.25, -0.2) is 8.78 Å². The summed E-state index contributed by atoms with van der Waals surface area (Å²) in [5, 5.41) is 2.33. The Morgan fingerprint density at radius 3 is 2.70 bits per heavy atom. The molecule has 1 aliphatic heterocycles. The first-order valence-electron chi connectivity index (χ1n) is 7.12. The summed E-state index contributed by atoms with van der Waals surface area (Å²) in [6.07, 6.45) is 0. The number of carbonyl (C=O) groups excluding carboxylic acids is 2. The number of anilines is 1. The van der Waals surface area contributed by atoms with Gasteiger partial charge in [0, 0.05) is 18.2 Å². The summed E-state index contributed by atoms with van der Waals surface area (Å²) in [7, 11) is 0. The van der Waals surface area contributed by atoms with Crippen molar-refractivity contribution < 1.29 is 18.4 Å².